The fourth-order valence-corrected chi connectivity index (χ4v) is 7.23. The molecule has 3 aliphatic rings. The summed E-state index contributed by atoms with van der Waals surface area (Å²) >= 11 is 0. The van der Waals surface area contributed by atoms with Gasteiger partial charge >= 0.3 is 6.09 Å². The Balaban J connectivity index is 1.67. The van der Waals surface area contributed by atoms with Crippen LogP contribution in [-0.4, -0.2) is 81.6 Å². The summed E-state index contributed by atoms with van der Waals surface area (Å²) in [7, 11) is 2.90. The van der Waals surface area contributed by atoms with Crippen LogP contribution in [0.4, 0.5) is 10.5 Å². The molecule has 14 nitrogen and oxygen atoms in total. The number of fused-ring (bicyclic) bond motifs is 3. The van der Waals surface area contributed by atoms with Crippen molar-refractivity contribution in [2.75, 3.05) is 26.0 Å². The number of nitrogens with zero attached hydrogens (tertiary/aromatic N) is 2. The molecule has 0 aromatic heterocycles. The summed E-state index contributed by atoms with van der Waals surface area (Å²) in [6, 6.07) is 9.81. The van der Waals surface area contributed by atoms with Gasteiger partial charge in [0.15, 0.2) is 17.0 Å². The molecule has 0 heterocycles. The zero-order valence-electron chi connectivity index (χ0n) is 26.2. The molecule has 2 aromatic carbocycles. The SMILES string of the molecule is CC(C)COC(=O)Nc1ccc(-c2ccc(O)c3c2C[C@@]2(N)C[C@@]4(N)[C@H](N(C)C)C(=O)C(C(N)=O)=C(O)[C@@]4(C#N)C(=O)C2=C3O)cc1. The number of aromatic hydroxyl groups is 1. The molecule has 1 fully saturated rings. The Hall–Kier alpha value is -5.23. The van der Waals surface area contributed by atoms with Gasteiger partial charge in [-0.15, -0.1) is 0 Å². The van der Waals surface area contributed by atoms with Gasteiger partial charge in [-0.1, -0.05) is 32.0 Å². The van der Waals surface area contributed by atoms with E-state index in [1.165, 1.54) is 25.1 Å². The Morgan fingerprint density at radius 1 is 1.11 bits per heavy atom. The van der Waals surface area contributed by atoms with Crippen LogP contribution in [0.1, 0.15) is 31.4 Å². The van der Waals surface area contributed by atoms with Crippen molar-refractivity contribution in [3.8, 4) is 22.9 Å². The van der Waals surface area contributed by atoms with Gasteiger partial charge in [-0.25, -0.2) is 4.79 Å². The van der Waals surface area contributed by atoms with E-state index in [0.29, 0.717) is 22.4 Å². The number of Topliss-reactive ketones (excluding diaryl/α,β-unsaturated/α-hetero) is 2. The maximum atomic E-state index is 14.5. The zero-order valence-corrected chi connectivity index (χ0v) is 26.2. The number of benzene rings is 2. The molecule has 0 aliphatic heterocycles. The van der Waals surface area contributed by atoms with E-state index >= 15 is 0 Å². The summed E-state index contributed by atoms with van der Waals surface area (Å²) in [5.41, 5.74) is 12.8. The Morgan fingerprint density at radius 3 is 2.30 bits per heavy atom. The van der Waals surface area contributed by atoms with Crippen LogP contribution >= 0.6 is 0 Å². The minimum absolute atomic E-state index is 0.126. The van der Waals surface area contributed by atoms with Crippen molar-refractivity contribution in [3.63, 3.8) is 0 Å². The first-order chi connectivity index (χ1) is 21.9. The van der Waals surface area contributed by atoms with Crippen LogP contribution in [0, 0.1) is 22.7 Å². The molecule has 47 heavy (non-hydrogen) atoms. The Morgan fingerprint density at radius 2 is 1.74 bits per heavy atom. The highest BCUT2D eigenvalue weighted by molar-refractivity contribution is 6.25. The lowest BCUT2D eigenvalue weighted by atomic mass is 9.47. The second kappa shape index (κ2) is 11.2. The third-order valence-corrected chi connectivity index (χ3v) is 9.12. The zero-order chi connectivity index (χ0) is 34.8. The van der Waals surface area contributed by atoms with Gasteiger partial charge in [-0.05, 0) is 67.7 Å². The number of hydrogen-bond acceptors (Lipinski definition) is 12. The first kappa shape index (κ1) is 33.1. The van der Waals surface area contributed by atoms with Gasteiger partial charge in [0.1, 0.15) is 22.8 Å². The van der Waals surface area contributed by atoms with Crippen molar-refractivity contribution in [3.05, 3.63) is 64.4 Å². The number of phenolic OH excluding ortho intramolecular Hbond substituents is 1. The molecule has 0 bridgehead atoms. The molecule has 10 N–H and O–H groups in total. The van der Waals surface area contributed by atoms with E-state index in [1.54, 1.807) is 36.4 Å². The van der Waals surface area contributed by atoms with Gasteiger partial charge < -0.3 is 37.3 Å². The number of ketones is 2. The van der Waals surface area contributed by atoms with Gasteiger partial charge in [-0.2, -0.15) is 5.26 Å². The van der Waals surface area contributed by atoms with Crippen molar-refractivity contribution in [2.45, 2.75) is 43.8 Å². The molecule has 2 amide bonds. The number of ether oxygens (including phenoxy) is 1. The topological polar surface area (TPSA) is 255 Å². The molecule has 0 unspecified atom stereocenters. The number of nitriles is 1. The summed E-state index contributed by atoms with van der Waals surface area (Å²) in [5, 5.41) is 47.1. The van der Waals surface area contributed by atoms with Crippen LogP contribution in [0.2, 0.25) is 0 Å². The number of nitrogens with one attached hydrogen (secondary N) is 1. The second-order valence-corrected chi connectivity index (χ2v) is 13.0. The van der Waals surface area contributed by atoms with E-state index in [9.17, 15) is 39.8 Å². The van der Waals surface area contributed by atoms with E-state index in [4.69, 9.17) is 21.9 Å². The number of nitrogens with two attached hydrogens (primary N) is 3. The van der Waals surface area contributed by atoms with Gasteiger partial charge in [-0.3, -0.25) is 24.6 Å². The van der Waals surface area contributed by atoms with Crippen molar-refractivity contribution in [1.82, 2.24) is 4.90 Å². The minimum Gasteiger partial charge on any atom is -0.509 e. The number of hydrogen-bond donors (Lipinski definition) is 7. The molecule has 4 atom stereocenters. The number of likely N-dealkylation sites (N-methyl/N-ethyl adjacent to an activating group) is 1. The standard InChI is InChI=1S/C33H36N6O8/c1-15(2)12-47-30(46)38-17-7-5-16(6-8-17)18-9-10-20(40)21-19(18)11-31(36)13-33(37)26(39(3)4)25(42)22(29(35)45)27(43)32(33,14-34)28(44)23(31)24(21)41/h5-10,15,26,40-41,43H,11-13,36-37H2,1-4H3,(H2,35,45)(H,38,46)/t26-,31-,32+,33-/m1/s1. The average Bonchev–Trinajstić information content (AvgIpc) is 2.95. The number of phenols is 1. The molecule has 1 saturated carbocycles. The van der Waals surface area contributed by atoms with E-state index < -0.39 is 80.9 Å². The number of amides is 2. The van der Waals surface area contributed by atoms with E-state index in [1.807, 2.05) is 13.8 Å². The van der Waals surface area contributed by atoms with Crippen molar-refractivity contribution in [1.29, 1.82) is 5.26 Å². The van der Waals surface area contributed by atoms with E-state index in [2.05, 4.69) is 5.32 Å². The Kier molecular flexibility index (Phi) is 7.92. The second-order valence-electron chi connectivity index (χ2n) is 13.0. The summed E-state index contributed by atoms with van der Waals surface area (Å²) in [6.07, 6.45) is -1.30. The summed E-state index contributed by atoms with van der Waals surface area (Å²) in [4.78, 5) is 53.9. The highest BCUT2D eigenvalue weighted by Crippen LogP contribution is 2.58. The summed E-state index contributed by atoms with van der Waals surface area (Å²) in [6.45, 7) is 4.07. The maximum Gasteiger partial charge on any atom is 0.411 e. The van der Waals surface area contributed by atoms with Crippen LogP contribution in [0.15, 0.2) is 53.3 Å². The van der Waals surface area contributed by atoms with Crippen molar-refractivity contribution < 1.29 is 39.2 Å². The van der Waals surface area contributed by atoms with Crippen molar-refractivity contribution in [2.24, 2.45) is 28.5 Å². The number of carbonyl (C=O) groups excluding carboxylic acids is 4. The van der Waals surface area contributed by atoms with Crippen molar-refractivity contribution >= 4 is 35.0 Å². The number of anilines is 1. The van der Waals surface area contributed by atoms with Crippen LogP contribution in [0.25, 0.3) is 16.9 Å². The Labute approximate surface area is 270 Å². The van der Waals surface area contributed by atoms with Crippen LogP contribution in [0.3, 0.4) is 0 Å². The fraction of sp³-hybridized carbons (Fsp3) is 0.364. The predicted molar refractivity (Wildman–Crippen MR) is 169 cm³/mol. The van der Waals surface area contributed by atoms with E-state index in [0.717, 1.165) is 0 Å². The first-order valence-corrected chi connectivity index (χ1v) is 14.8. The van der Waals surface area contributed by atoms with Crippen LogP contribution in [0.5, 0.6) is 5.75 Å². The molecule has 14 heteroatoms. The molecular formula is C33H36N6O8. The first-order valence-electron chi connectivity index (χ1n) is 14.8. The lowest BCUT2D eigenvalue weighted by Crippen LogP contribution is -2.80. The average molecular weight is 645 g/mol. The quantitative estimate of drug-likeness (QED) is 0.222. The van der Waals surface area contributed by atoms with Gasteiger partial charge in [0.2, 0.25) is 0 Å². The van der Waals surface area contributed by atoms with Gasteiger partial charge in [0.05, 0.1) is 40.9 Å². The Bertz CT molecular complexity index is 1840. The molecule has 0 radical (unpaired) electrons. The van der Waals surface area contributed by atoms with Gasteiger partial charge in [0.25, 0.3) is 5.91 Å². The summed E-state index contributed by atoms with van der Waals surface area (Å²) < 4.78 is 5.16. The third-order valence-electron chi connectivity index (χ3n) is 9.12. The lowest BCUT2D eigenvalue weighted by Gasteiger charge is -2.58. The predicted octanol–water partition coefficient (Wildman–Crippen LogP) is 1.78. The molecule has 5 rings (SSSR count). The third kappa shape index (κ3) is 4.73. The smallest absolute Gasteiger partial charge is 0.411 e. The molecule has 0 saturated heterocycles. The normalized spacial score (nSPS) is 26.8. The van der Waals surface area contributed by atoms with Gasteiger partial charge in [0, 0.05) is 5.69 Å². The molecule has 3 aliphatic carbocycles. The minimum atomic E-state index is -2.74. The molecule has 2 aromatic rings. The monoisotopic (exact) mass is 644 g/mol. The molecular weight excluding hydrogens is 608 g/mol. The highest BCUT2D eigenvalue weighted by atomic mass is 16.5. The molecule has 246 valence electrons. The number of aliphatic hydroxyl groups is 2. The largest absolute Gasteiger partial charge is 0.509 e. The summed E-state index contributed by atoms with van der Waals surface area (Å²) in [5.74, 6) is -5.77. The number of rotatable bonds is 6. The number of carbonyl (C=O) groups is 4. The van der Waals surface area contributed by atoms with E-state index in [-0.39, 0.29) is 24.5 Å². The van der Waals surface area contributed by atoms with Crippen LogP contribution in [-0.2, 0) is 25.5 Å². The fourth-order valence-electron chi connectivity index (χ4n) is 7.23. The highest BCUT2D eigenvalue weighted by Gasteiger charge is 2.74. The van der Waals surface area contributed by atoms with Crippen LogP contribution < -0.4 is 22.5 Å². The molecule has 0 spiro atoms. The number of primary amides is 1. The lowest BCUT2D eigenvalue weighted by molar-refractivity contribution is -0.139. The maximum absolute atomic E-state index is 14.5. The number of aliphatic hydroxyl groups excluding tert-OH is 2.